The maximum absolute atomic E-state index is 11.5. The second kappa shape index (κ2) is 6.76. The Labute approximate surface area is 109 Å². The molecule has 0 bridgehead atoms. The van der Waals surface area contributed by atoms with E-state index in [1.165, 1.54) is 19.3 Å². The zero-order valence-corrected chi connectivity index (χ0v) is 11.8. The molecule has 1 aliphatic carbocycles. The molecule has 0 aromatic heterocycles. The Morgan fingerprint density at radius 1 is 1.22 bits per heavy atom. The fourth-order valence-corrected chi connectivity index (χ4v) is 1.72. The van der Waals surface area contributed by atoms with E-state index < -0.39 is 5.60 Å². The van der Waals surface area contributed by atoms with Gasteiger partial charge in [0.25, 0.3) is 0 Å². The van der Waals surface area contributed by atoms with Crippen LogP contribution in [0.3, 0.4) is 0 Å². The maximum atomic E-state index is 11.5. The molecular weight excluding hydrogens is 230 g/mol. The summed E-state index contributed by atoms with van der Waals surface area (Å²) < 4.78 is 5.13. The summed E-state index contributed by atoms with van der Waals surface area (Å²) in [4.78, 5) is 22.8. The first-order chi connectivity index (χ1) is 8.37. The molecule has 0 heterocycles. The van der Waals surface area contributed by atoms with E-state index in [1.807, 2.05) is 20.8 Å². The normalized spacial score (nSPS) is 15.3. The molecule has 18 heavy (non-hydrogen) atoms. The van der Waals surface area contributed by atoms with Crippen LogP contribution in [0.4, 0.5) is 0 Å². The number of hydrogen-bond acceptors (Lipinski definition) is 3. The molecule has 0 aliphatic heterocycles. The van der Waals surface area contributed by atoms with Crippen LogP contribution in [0.2, 0.25) is 0 Å². The van der Waals surface area contributed by atoms with Crippen molar-refractivity contribution < 1.29 is 14.3 Å². The van der Waals surface area contributed by atoms with E-state index in [9.17, 15) is 9.59 Å². The van der Waals surface area contributed by atoms with Crippen LogP contribution in [0, 0.1) is 5.92 Å². The average Bonchev–Trinajstić information content (AvgIpc) is 3.03. The number of carbonyl (C=O) groups is 2. The second-order valence-corrected chi connectivity index (χ2v) is 6.02. The van der Waals surface area contributed by atoms with Gasteiger partial charge in [-0.05, 0) is 39.5 Å². The monoisotopic (exact) mass is 255 g/mol. The summed E-state index contributed by atoms with van der Waals surface area (Å²) in [5, 5.41) is 2.84. The van der Waals surface area contributed by atoms with Gasteiger partial charge >= 0.3 is 5.97 Å². The van der Waals surface area contributed by atoms with Gasteiger partial charge < -0.3 is 10.1 Å². The molecule has 1 rings (SSSR count). The van der Waals surface area contributed by atoms with Crippen molar-refractivity contribution in [1.82, 2.24) is 5.32 Å². The molecular formula is C14H25NO3. The van der Waals surface area contributed by atoms with Crippen molar-refractivity contribution in [3.63, 3.8) is 0 Å². The number of hydrogen-bond donors (Lipinski definition) is 1. The van der Waals surface area contributed by atoms with Crippen molar-refractivity contribution in [2.24, 2.45) is 5.92 Å². The van der Waals surface area contributed by atoms with Crippen LogP contribution in [-0.2, 0) is 14.3 Å². The maximum Gasteiger partial charge on any atom is 0.306 e. The first kappa shape index (κ1) is 15.0. The molecule has 0 saturated heterocycles. The van der Waals surface area contributed by atoms with Crippen molar-refractivity contribution >= 4 is 11.9 Å². The van der Waals surface area contributed by atoms with Gasteiger partial charge in [0.2, 0.25) is 5.91 Å². The highest BCUT2D eigenvalue weighted by atomic mass is 16.6. The van der Waals surface area contributed by atoms with Gasteiger partial charge in [0.05, 0.1) is 6.42 Å². The van der Waals surface area contributed by atoms with Gasteiger partial charge in [0, 0.05) is 13.0 Å². The zero-order chi connectivity index (χ0) is 13.6. The Hall–Kier alpha value is -1.06. The minimum atomic E-state index is -0.474. The number of carbonyl (C=O) groups excluding carboxylic acids is 2. The van der Waals surface area contributed by atoms with Gasteiger partial charge in [-0.15, -0.1) is 0 Å². The second-order valence-electron chi connectivity index (χ2n) is 6.02. The number of amides is 1. The fourth-order valence-electron chi connectivity index (χ4n) is 1.72. The minimum Gasteiger partial charge on any atom is -0.460 e. The van der Waals surface area contributed by atoms with E-state index in [2.05, 4.69) is 5.32 Å². The molecule has 4 nitrogen and oxygen atoms in total. The lowest BCUT2D eigenvalue weighted by molar-refractivity contribution is -0.155. The highest BCUT2D eigenvalue weighted by Gasteiger charge is 2.20. The molecule has 1 N–H and O–H groups in total. The predicted molar refractivity (Wildman–Crippen MR) is 70.0 cm³/mol. The lowest BCUT2D eigenvalue weighted by atomic mass is 10.2. The van der Waals surface area contributed by atoms with Gasteiger partial charge in [-0.2, -0.15) is 0 Å². The van der Waals surface area contributed by atoms with Gasteiger partial charge in [-0.25, -0.2) is 0 Å². The molecule has 0 unspecified atom stereocenters. The van der Waals surface area contributed by atoms with Crippen LogP contribution in [0.5, 0.6) is 0 Å². The lowest BCUT2D eigenvalue weighted by Gasteiger charge is -2.19. The van der Waals surface area contributed by atoms with Gasteiger partial charge in [0.15, 0.2) is 0 Å². The first-order valence-electron chi connectivity index (χ1n) is 6.85. The van der Waals surface area contributed by atoms with E-state index in [4.69, 9.17) is 4.74 Å². The van der Waals surface area contributed by atoms with Crippen LogP contribution in [0.25, 0.3) is 0 Å². The molecule has 0 aromatic rings. The quantitative estimate of drug-likeness (QED) is 0.561. The van der Waals surface area contributed by atoms with E-state index in [0.717, 1.165) is 18.9 Å². The van der Waals surface area contributed by atoms with Crippen LogP contribution >= 0.6 is 0 Å². The van der Waals surface area contributed by atoms with Crippen molar-refractivity contribution in [3.8, 4) is 0 Å². The molecule has 1 amide bonds. The van der Waals surface area contributed by atoms with Gasteiger partial charge in [-0.1, -0.05) is 12.8 Å². The molecule has 0 aromatic carbocycles. The van der Waals surface area contributed by atoms with Crippen molar-refractivity contribution in [2.45, 2.75) is 64.9 Å². The standard InChI is InChI=1S/C14H25NO3/c1-14(2,3)18-13(17)9-8-12(16)15-10-4-5-11-6-7-11/h11H,4-10H2,1-3H3,(H,15,16). The van der Waals surface area contributed by atoms with E-state index in [1.54, 1.807) is 0 Å². The first-order valence-corrected chi connectivity index (χ1v) is 6.85. The van der Waals surface area contributed by atoms with Crippen molar-refractivity contribution in [1.29, 1.82) is 0 Å². The summed E-state index contributed by atoms with van der Waals surface area (Å²) >= 11 is 0. The van der Waals surface area contributed by atoms with E-state index in [0.29, 0.717) is 0 Å². The summed E-state index contributed by atoms with van der Waals surface area (Å²) in [7, 11) is 0. The van der Waals surface area contributed by atoms with Crippen molar-refractivity contribution in [2.75, 3.05) is 6.54 Å². The highest BCUT2D eigenvalue weighted by Crippen LogP contribution is 2.33. The largest absolute Gasteiger partial charge is 0.460 e. The topological polar surface area (TPSA) is 55.4 Å². The highest BCUT2D eigenvalue weighted by molar-refractivity contribution is 5.81. The third-order valence-electron chi connectivity index (χ3n) is 2.78. The fraction of sp³-hybridized carbons (Fsp3) is 0.857. The summed E-state index contributed by atoms with van der Waals surface area (Å²) in [6, 6.07) is 0. The molecule has 0 radical (unpaired) electrons. The summed E-state index contributed by atoms with van der Waals surface area (Å²) in [6.07, 6.45) is 5.35. The van der Waals surface area contributed by atoms with Crippen LogP contribution in [-0.4, -0.2) is 24.0 Å². The molecule has 1 fully saturated rings. The Kier molecular flexibility index (Phi) is 5.63. The average molecular weight is 255 g/mol. The molecule has 1 saturated carbocycles. The third kappa shape index (κ3) is 8.09. The molecule has 4 heteroatoms. The Balaban J connectivity index is 1.99. The Bertz CT molecular complexity index is 290. The number of esters is 1. The van der Waals surface area contributed by atoms with Crippen molar-refractivity contribution in [3.05, 3.63) is 0 Å². The van der Waals surface area contributed by atoms with E-state index in [-0.39, 0.29) is 24.7 Å². The smallest absolute Gasteiger partial charge is 0.306 e. The number of nitrogens with one attached hydrogen (secondary N) is 1. The Morgan fingerprint density at radius 2 is 1.89 bits per heavy atom. The number of rotatable bonds is 7. The minimum absolute atomic E-state index is 0.0587. The van der Waals surface area contributed by atoms with Crippen LogP contribution in [0.1, 0.15) is 59.3 Å². The number of ether oxygens (including phenoxy) is 1. The van der Waals surface area contributed by atoms with Gasteiger partial charge in [0.1, 0.15) is 5.60 Å². The van der Waals surface area contributed by atoms with Crippen LogP contribution in [0.15, 0.2) is 0 Å². The summed E-state index contributed by atoms with van der Waals surface area (Å²) in [5.74, 6) is 0.538. The summed E-state index contributed by atoms with van der Waals surface area (Å²) in [6.45, 7) is 6.19. The molecule has 104 valence electrons. The van der Waals surface area contributed by atoms with Gasteiger partial charge in [-0.3, -0.25) is 9.59 Å². The predicted octanol–water partition coefficient (Wildman–Crippen LogP) is 2.41. The molecule has 0 spiro atoms. The SMILES string of the molecule is CC(C)(C)OC(=O)CCC(=O)NCCCC1CC1. The molecule has 0 atom stereocenters. The third-order valence-corrected chi connectivity index (χ3v) is 2.78. The zero-order valence-electron chi connectivity index (χ0n) is 11.8. The van der Waals surface area contributed by atoms with Crippen LogP contribution < -0.4 is 5.32 Å². The van der Waals surface area contributed by atoms with E-state index >= 15 is 0 Å². The lowest BCUT2D eigenvalue weighted by Crippen LogP contribution is -2.27. The molecule has 1 aliphatic rings. The summed E-state index contributed by atoms with van der Waals surface area (Å²) in [5.41, 5.74) is -0.474. The Morgan fingerprint density at radius 3 is 2.44 bits per heavy atom.